The van der Waals surface area contributed by atoms with E-state index in [4.69, 9.17) is 0 Å². The largest absolute Gasteiger partial charge is 0.306 e. The number of rotatable bonds is 8. The van der Waals surface area contributed by atoms with E-state index in [1.807, 2.05) is 0 Å². The van der Waals surface area contributed by atoms with E-state index in [2.05, 4.69) is 38.4 Å². The van der Waals surface area contributed by atoms with Crippen LogP contribution < -0.4 is 0 Å². The Morgan fingerprint density at radius 3 is 2.46 bits per heavy atom. The molecule has 0 aliphatic rings. The van der Waals surface area contributed by atoms with Crippen molar-refractivity contribution in [3.05, 3.63) is 0 Å². The molecule has 0 aliphatic heterocycles. The molecule has 0 heterocycles. The minimum atomic E-state index is 0.842. The quantitative estimate of drug-likeness (QED) is 0.469. The molecule has 0 spiro atoms. The van der Waals surface area contributed by atoms with E-state index < -0.39 is 0 Å². The molecule has 0 aliphatic carbocycles. The lowest BCUT2D eigenvalue weighted by molar-refractivity contribution is 0.277. The fraction of sp³-hybridized carbons (Fsp3) is 1.00. The average Bonchev–Trinajstić information content (AvgIpc) is 2.12. The molecule has 0 aromatic rings. The summed E-state index contributed by atoms with van der Waals surface area (Å²) in [5.74, 6) is 1.88. The van der Waals surface area contributed by atoms with Gasteiger partial charge >= 0.3 is 0 Å². The van der Waals surface area contributed by atoms with E-state index in [1.165, 1.54) is 38.8 Å². The Hall–Kier alpha value is 0.310. The lowest BCUT2D eigenvalue weighted by Gasteiger charge is -2.20. The van der Waals surface area contributed by atoms with Gasteiger partial charge in [-0.2, -0.15) is 12.6 Å². The van der Waals surface area contributed by atoms with Gasteiger partial charge in [0.05, 0.1) is 0 Å². The molecule has 0 radical (unpaired) electrons. The molecule has 2 heteroatoms. The van der Waals surface area contributed by atoms with Crippen LogP contribution in [0.1, 0.15) is 39.5 Å². The molecule has 80 valence electrons. The summed E-state index contributed by atoms with van der Waals surface area (Å²) in [5, 5.41) is 0. The average molecular weight is 203 g/mol. The standard InChI is InChI=1S/C11H25NS/c1-4-11(2)10-12(3)8-6-5-7-9-13/h11,13H,4-10H2,1-3H3. The summed E-state index contributed by atoms with van der Waals surface area (Å²) in [4.78, 5) is 2.45. The zero-order valence-corrected chi connectivity index (χ0v) is 10.3. The summed E-state index contributed by atoms with van der Waals surface area (Å²) in [5.41, 5.74) is 0. The molecule has 0 aromatic carbocycles. The minimum Gasteiger partial charge on any atom is -0.306 e. The van der Waals surface area contributed by atoms with Gasteiger partial charge in [-0.15, -0.1) is 0 Å². The summed E-state index contributed by atoms with van der Waals surface area (Å²) in [7, 11) is 2.23. The highest BCUT2D eigenvalue weighted by Gasteiger charge is 2.03. The first-order valence-corrected chi connectivity index (χ1v) is 6.13. The molecule has 1 nitrogen and oxygen atoms in total. The maximum atomic E-state index is 4.20. The van der Waals surface area contributed by atoms with Crippen molar-refractivity contribution in [1.82, 2.24) is 4.90 Å². The van der Waals surface area contributed by atoms with Gasteiger partial charge in [0.15, 0.2) is 0 Å². The van der Waals surface area contributed by atoms with Gasteiger partial charge < -0.3 is 4.90 Å². The van der Waals surface area contributed by atoms with Crippen molar-refractivity contribution in [2.24, 2.45) is 5.92 Å². The highest BCUT2D eigenvalue weighted by molar-refractivity contribution is 7.80. The smallest absolute Gasteiger partial charge is 0.000387 e. The van der Waals surface area contributed by atoms with Gasteiger partial charge in [0.1, 0.15) is 0 Å². The second-order valence-electron chi connectivity index (χ2n) is 4.06. The van der Waals surface area contributed by atoms with E-state index in [0.29, 0.717) is 0 Å². The molecule has 1 atom stereocenters. The first-order chi connectivity index (χ1) is 6.20. The van der Waals surface area contributed by atoms with Gasteiger partial charge in [-0.1, -0.05) is 26.7 Å². The van der Waals surface area contributed by atoms with Crippen molar-refractivity contribution in [3.8, 4) is 0 Å². The van der Waals surface area contributed by atoms with Crippen LogP contribution in [0.5, 0.6) is 0 Å². The van der Waals surface area contributed by atoms with Crippen LogP contribution in [-0.2, 0) is 0 Å². The third kappa shape index (κ3) is 8.63. The molecule has 0 saturated heterocycles. The van der Waals surface area contributed by atoms with Crippen LogP contribution in [0.15, 0.2) is 0 Å². The number of hydrogen-bond acceptors (Lipinski definition) is 2. The molecule has 13 heavy (non-hydrogen) atoms. The maximum Gasteiger partial charge on any atom is 0.000387 e. The van der Waals surface area contributed by atoms with E-state index in [-0.39, 0.29) is 0 Å². The lowest BCUT2D eigenvalue weighted by atomic mass is 10.1. The summed E-state index contributed by atoms with van der Waals surface area (Å²) in [6, 6.07) is 0. The normalized spacial score (nSPS) is 13.6. The predicted molar refractivity (Wildman–Crippen MR) is 64.7 cm³/mol. The Labute approximate surface area is 89.3 Å². The molecule has 0 N–H and O–H groups in total. The number of thiol groups is 1. The zero-order chi connectivity index (χ0) is 10.1. The van der Waals surface area contributed by atoms with E-state index >= 15 is 0 Å². The fourth-order valence-electron chi connectivity index (χ4n) is 1.42. The van der Waals surface area contributed by atoms with Crippen molar-refractivity contribution in [1.29, 1.82) is 0 Å². The third-order valence-electron chi connectivity index (χ3n) is 2.52. The van der Waals surface area contributed by atoms with Crippen LogP contribution in [0.3, 0.4) is 0 Å². The van der Waals surface area contributed by atoms with E-state index in [9.17, 15) is 0 Å². The summed E-state index contributed by atoms with van der Waals surface area (Å²) in [6.07, 6.45) is 5.21. The van der Waals surface area contributed by atoms with Gasteiger partial charge in [0, 0.05) is 6.54 Å². The molecular formula is C11H25NS. The first-order valence-electron chi connectivity index (χ1n) is 5.50. The Morgan fingerprint density at radius 1 is 1.23 bits per heavy atom. The molecule has 1 unspecified atom stereocenters. The monoisotopic (exact) mass is 203 g/mol. The van der Waals surface area contributed by atoms with E-state index in [1.54, 1.807) is 0 Å². The fourth-order valence-corrected chi connectivity index (χ4v) is 1.65. The molecular weight excluding hydrogens is 178 g/mol. The van der Waals surface area contributed by atoms with Crippen LogP contribution in [0.4, 0.5) is 0 Å². The van der Waals surface area contributed by atoms with Crippen molar-refractivity contribution in [3.63, 3.8) is 0 Å². The van der Waals surface area contributed by atoms with Gasteiger partial charge in [-0.05, 0) is 38.1 Å². The van der Waals surface area contributed by atoms with Gasteiger partial charge in [-0.25, -0.2) is 0 Å². The second-order valence-corrected chi connectivity index (χ2v) is 4.51. The topological polar surface area (TPSA) is 3.24 Å². The maximum absolute atomic E-state index is 4.20. The summed E-state index contributed by atoms with van der Waals surface area (Å²) < 4.78 is 0. The van der Waals surface area contributed by atoms with Crippen molar-refractivity contribution in [2.75, 3.05) is 25.9 Å². The number of unbranched alkanes of at least 4 members (excludes halogenated alkanes) is 2. The highest BCUT2D eigenvalue weighted by Crippen LogP contribution is 2.04. The van der Waals surface area contributed by atoms with Crippen LogP contribution in [0.25, 0.3) is 0 Å². The van der Waals surface area contributed by atoms with Crippen LogP contribution >= 0.6 is 12.6 Å². The van der Waals surface area contributed by atoms with Crippen molar-refractivity contribution >= 4 is 12.6 Å². The molecule has 0 bridgehead atoms. The minimum absolute atomic E-state index is 0.842. The first kappa shape index (κ1) is 13.3. The Kier molecular flexibility index (Phi) is 9.10. The van der Waals surface area contributed by atoms with Crippen molar-refractivity contribution < 1.29 is 0 Å². The Morgan fingerprint density at radius 2 is 1.92 bits per heavy atom. The lowest BCUT2D eigenvalue weighted by Crippen LogP contribution is -2.25. The van der Waals surface area contributed by atoms with Gasteiger partial charge in [0.2, 0.25) is 0 Å². The SMILES string of the molecule is CCC(C)CN(C)CCCCCS. The Bertz CT molecular complexity index is 106. The highest BCUT2D eigenvalue weighted by atomic mass is 32.1. The van der Waals surface area contributed by atoms with Gasteiger partial charge in [0.25, 0.3) is 0 Å². The molecule has 0 rings (SSSR count). The summed E-state index contributed by atoms with van der Waals surface area (Å²) in [6.45, 7) is 7.08. The van der Waals surface area contributed by atoms with Crippen LogP contribution in [0, 0.1) is 5.92 Å². The van der Waals surface area contributed by atoms with E-state index in [0.717, 1.165) is 11.7 Å². The molecule has 0 aromatic heterocycles. The zero-order valence-electron chi connectivity index (χ0n) is 9.42. The van der Waals surface area contributed by atoms with Crippen LogP contribution in [0.2, 0.25) is 0 Å². The summed E-state index contributed by atoms with van der Waals surface area (Å²) >= 11 is 4.20. The predicted octanol–water partition coefficient (Wildman–Crippen LogP) is 3.06. The Balaban J connectivity index is 3.24. The van der Waals surface area contributed by atoms with Crippen LogP contribution in [-0.4, -0.2) is 30.8 Å². The second kappa shape index (κ2) is 8.89. The third-order valence-corrected chi connectivity index (χ3v) is 2.83. The number of nitrogens with zero attached hydrogens (tertiary/aromatic N) is 1. The molecule has 0 saturated carbocycles. The molecule has 0 fully saturated rings. The van der Waals surface area contributed by atoms with Crippen molar-refractivity contribution in [2.45, 2.75) is 39.5 Å². The number of hydrogen-bond donors (Lipinski definition) is 1. The molecule has 0 amide bonds. The van der Waals surface area contributed by atoms with Gasteiger partial charge in [-0.3, -0.25) is 0 Å².